The molecule has 17 heavy (non-hydrogen) atoms. The molecule has 0 spiro atoms. The Labute approximate surface area is 108 Å². The van der Waals surface area contributed by atoms with Gasteiger partial charge in [0, 0.05) is 41.2 Å². The van der Waals surface area contributed by atoms with Crippen molar-refractivity contribution in [1.82, 2.24) is 20.1 Å². The first-order valence-electron chi connectivity index (χ1n) is 5.71. The third-order valence-electron chi connectivity index (χ3n) is 2.79. The highest BCUT2D eigenvalue weighted by Gasteiger charge is 2.20. The molecular weight excluding hydrogens is 280 g/mol. The predicted molar refractivity (Wildman–Crippen MR) is 68.9 cm³/mol. The molecule has 0 amide bonds. The first-order chi connectivity index (χ1) is 8.33. The smallest absolute Gasteiger partial charge is 0.157 e. The summed E-state index contributed by atoms with van der Waals surface area (Å²) in [7, 11) is 0. The third kappa shape index (κ3) is 2.56. The van der Waals surface area contributed by atoms with Crippen molar-refractivity contribution >= 4 is 15.9 Å². The number of aromatic nitrogens is 3. The number of nitrogens with one attached hydrogen (secondary N) is 1. The summed E-state index contributed by atoms with van der Waals surface area (Å²) >= 11 is 3.46. The van der Waals surface area contributed by atoms with E-state index in [2.05, 4.69) is 37.4 Å². The van der Waals surface area contributed by atoms with Gasteiger partial charge in [-0.1, -0.05) is 0 Å². The second kappa shape index (κ2) is 4.58. The summed E-state index contributed by atoms with van der Waals surface area (Å²) in [5.41, 5.74) is 1.16. The molecule has 2 heterocycles. The maximum Gasteiger partial charge on any atom is 0.157 e. The standard InChI is InChI=1S/C12H13BrN4/c13-10-6-9(7-14-11-2-3-11)12(15-8-10)17-5-1-4-16-17/h1,4-6,8,11,14H,2-3,7H2. The normalized spacial score (nSPS) is 15.1. The van der Waals surface area contributed by atoms with Crippen LogP contribution in [0.5, 0.6) is 0 Å². The highest BCUT2D eigenvalue weighted by atomic mass is 79.9. The minimum Gasteiger partial charge on any atom is -0.310 e. The molecule has 1 fully saturated rings. The zero-order chi connectivity index (χ0) is 11.7. The summed E-state index contributed by atoms with van der Waals surface area (Å²) in [6.07, 6.45) is 8.06. The molecule has 2 aromatic rings. The lowest BCUT2D eigenvalue weighted by Gasteiger charge is -2.09. The first kappa shape index (κ1) is 10.9. The predicted octanol–water partition coefficient (Wildman–Crippen LogP) is 2.28. The fraction of sp³-hybridized carbons (Fsp3) is 0.333. The summed E-state index contributed by atoms with van der Waals surface area (Å²) in [6.45, 7) is 0.840. The number of nitrogens with zero attached hydrogens (tertiary/aromatic N) is 3. The van der Waals surface area contributed by atoms with E-state index in [1.54, 1.807) is 17.1 Å². The zero-order valence-corrected chi connectivity index (χ0v) is 10.9. The minimum absolute atomic E-state index is 0.694. The van der Waals surface area contributed by atoms with Gasteiger partial charge in [0.05, 0.1) is 0 Å². The number of halogens is 1. The second-order valence-electron chi connectivity index (χ2n) is 4.24. The van der Waals surface area contributed by atoms with Gasteiger partial charge in [-0.05, 0) is 40.9 Å². The first-order valence-corrected chi connectivity index (χ1v) is 6.50. The highest BCUT2D eigenvalue weighted by Crippen LogP contribution is 2.21. The van der Waals surface area contributed by atoms with Crippen LogP contribution in [0.15, 0.2) is 35.2 Å². The Morgan fingerprint density at radius 3 is 3.06 bits per heavy atom. The van der Waals surface area contributed by atoms with Crippen molar-refractivity contribution in [2.24, 2.45) is 0 Å². The Morgan fingerprint density at radius 1 is 1.47 bits per heavy atom. The van der Waals surface area contributed by atoms with Gasteiger partial charge in [0.25, 0.3) is 0 Å². The SMILES string of the molecule is Brc1cnc(-n2cccn2)c(CNC2CC2)c1. The van der Waals surface area contributed by atoms with E-state index >= 15 is 0 Å². The molecule has 3 rings (SSSR count). The van der Waals surface area contributed by atoms with Crippen LogP contribution in [0.3, 0.4) is 0 Å². The molecule has 1 aliphatic rings. The molecule has 5 heteroatoms. The Bertz CT molecular complexity index is 505. The fourth-order valence-electron chi connectivity index (χ4n) is 1.75. The average Bonchev–Trinajstić information content (AvgIpc) is 3.00. The summed E-state index contributed by atoms with van der Waals surface area (Å²) in [4.78, 5) is 4.43. The third-order valence-corrected chi connectivity index (χ3v) is 3.22. The molecule has 0 radical (unpaired) electrons. The number of hydrogen-bond donors (Lipinski definition) is 1. The topological polar surface area (TPSA) is 42.7 Å². The molecule has 0 atom stereocenters. The van der Waals surface area contributed by atoms with Crippen LogP contribution in [0, 0.1) is 0 Å². The van der Waals surface area contributed by atoms with Gasteiger partial charge >= 0.3 is 0 Å². The fourth-order valence-corrected chi connectivity index (χ4v) is 2.12. The van der Waals surface area contributed by atoms with Crippen molar-refractivity contribution in [2.75, 3.05) is 0 Å². The van der Waals surface area contributed by atoms with Crippen molar-refractivity contribution in [3.63, 3.8) is 0 Å². The maximum absolute atomic E-state index is 4.43. The van der Waals surface area contributed by atoms with Gasteiger partial charge < -0.3 is 5.32 Å². The summed E-state index contributed by atoms with van der Waals surface area (Å²) in [5.74, 6) is 0.895. The van der Waals surface area contributed by atoms with E-state index in [0.29, 0.717) is 6.04 Å². The lowest BCUT2D eigenvalue weighted by atomic mass is 10.2. The van der Waals surface area contributed by atoms with Crippen LogP contribution in [0.2, 0.25) is 0 Å². The monoisotopic (exact) mass is 292 g/mol. The van der Waals surface area contributed by atoms with Crippen molar-refractivity contribution in [2.45, 2.75) is 25.4 Å². The molecule has 1 N–H and O–H groups in total. The van der Waals surface area contributed by atoms with Gasteiger partial charge in [0.1, 0.15) is 0 Å². The Morgan fingerprint density at radius 2 is 2.35 bits per heavy atom. The largest absolute Gasteiger partial charge is 0.310 e. The van der Waals surface area contributed by atoms with Crippen LogP contribution in [-0.2, 0) is 6.54 Å². The average molecular weight is 293 g/mol. The Balaban J connectivity index is 1.89. The van der Waals surface area contributed by atoms with Crippen molar-refractivity contribution < 1.29 is 0 Å². The van der Waals surface area contributed by atoms with Crippen LogP contribution in [0.1, 0.15) is 18.4 Å². The van der Waals surface area contributed by atoms with E-state index in [1.165, 1.54) is 12.8 Å². The lowest BCUT2D eigenvalue weighted by Crippen LogP contribution is -2.17. The molecule has 1 aliphatic carbocycles. The van der Waals surface area contributed by atoms with Crippen LogP contribution < -0.4 is 5.32 Å². The van der Waals surface area contributed by atoms with Crippen molar-refractivity contribution in [3.05, 3.63) is 40.8 Å². The van der Waals surface area contributed by atoms with Crippen molar-refractivity contribution in [1.29, 1.82) is 0 Å². The quantitative estimate of drug-likeness (QED) is 0.940. The molecule has 0 bridgehead atoms. The molecule has 1 saturated carbocycles. The van der Waals surface area contributed by atoms with E-state index in [9.17, 15) is 0 Å². The van der Waals surface area contributed by atoms with Crippen LogP contribution in [0.4, 0.5) is 0 Å². The van der Waals surface area contributed by atoms with E-state index < -0.39 is 0 Å². The van der Waals surface area contributed by atoms with Gasteiger partial charge in [-0.2, -0.15) is 5.10 Å². The van der Waals surface area contributed by atoms with E-state index in [-0.39, 0.29) is 0 Å². The summed E-state index contributed by atoms with van der Waals surface area (Å²) in [6, 6.07) is 4.70. The number of rotatable bonds is 4. The molecule has 0 unspecified atom stereocenters. The highest BCUT2D eigenvalue weighted by molar-refractivity contribution is 9.10. The molecular formula is C12H13BrN4. The van der Waals surface area contributed by atoms with Gasteiger partial charge in [-0.15, -0.1) is 0 Å². The zero-order valence-electron chi connectivity index (χ0n) is 9.31. The van der Waals surface area contributed by atoms with Crippen LogP contribution in [-0.4, -0.2) is 20.8 Å². The van der Waals surface area contributed by atoms with Gasteiger partial charge in [-0.25, -0.2) is 9.67 Å². The van der Waals surface area contributed by atoms with Gasteiger partial charge in [-0.3, -0.25) is 0 Å². The Hall–Kier alpha value is -1.20. The molecule has 2 aromatic heterocycles. The summed E-state index contributed by atoms with van der Waals surface area (Å²) < 4.78 is 2.80. The van der Waals surface area contributed by atoms with E-state index in [0.717, 1.165) is 22.4 Å². The molecule has 0 saturated heterocycles. The van der Waals surface area contributed by atoms with Gasteiger partial charge in [0.15, 0.2) is 5.82 Å². The summed E-state index contributed by atoms with van der Waals surface area (Å²) in [5, 5.41) is 7.73. The Kier molecular flexibility index (Phi) is 2.94. The maximum atomic E-state index is 4.43. The van der Waals surface area contributed by atoms with Crippen LogP contribution >= 0.6 is 15.9 Å². The van der Waals surface area contributed by atoms with Crippen molar-refractivity contribution in [3.8, 4) is 5.82 Å². The van der Waals surface area contributed by atoms with E-state index in [1.807, 2.05) is 12.3 Å². The van der Waals surface area contributed by atoms with Gasteiger partial charge in [0.2, 0.25) is 0 Å². The van der Waals surface area contributed by atoms with Crippen LogP contribution in [0.25, 0.3) is 5.82 Å². The second-order valence-corrected chi connectivity index (χ2v) is 5.16. The molecule has 88 valence electrons. The molecule has 0 aromatic carbocycles. The molecule has 0 aliphatic heterocycles. The molecule has 4 nitrogen and oxygen atoms in total. The van der Waals surface area contributed by atoms with E-state index in [4.69, 9.17) is 0 Å². The minimum atomic E-state index is 0.694. The number of hydrogen-bond acceptors (Lipinski definition) is 3. The lowest BCUT2D eigenvalue weighted by molar-refractivity contribution is 0.676. The number of pyridine rings is 1.